The first-order valence-corrected chi connectivity index (χ1v) is 12.9. The number of nitrogens with one attached hydrogen (secondary N) is 1. The van der Waals surface area contributed by atoms with Crippen molar-refractivity contribution in [2.45, 2.75) is 57.4 Å². The number of hydrogen-bond acceptors (Lipinski definition) is 5. The molecule has 0 bridgehead atoms. The molecule has 1 aromatic carbocycles. The molecule has 1 aliphatic rings. The van der Waals surface area contributed by atoms with Gasteiger partial charge in [0.1, 0.15) is 11.6 Å². The summed E-state index contributed by atoms with van der Waals surface area (Å²) in [4.78, 5) is 9.23. The van der Waals surface area contributed by atoms with Crippen LogP contribution in [0.3, 0.4) is 0 Å². The van der Waals surface area contributed by atoms with Gasteiger partial charge in [-0.15, -0.1) is 0 Å². The molecule has 0 spiro atoms. The van der Waals surface area contributed by atoms with Crippen LogP contribution < -0.4 is 5.32 Å². The fraction of sp³-hybridized carbons (Fsp3) is 0.370. The number of nitrogens with zero attached hydrogens (tertiary/aromatic N) is 4. The molecule has 1 aliphatic carbocycles. The van der Waals surface area contributed by atoms with E-state index in [4.69, 9.17) is 4.98 Å². The average Bonchev–Trinajstić information content (AvgIpc) is 3.08. The Morgan fingerprint density at radius 2 is 1.97 bits per heavy atom. The summed E-state index contributed by atoms with van der Waals surface area (Å²) in [6.07, 6.45) is 13.5. The zero-order valence-corrected chi connectivity index (χ0v) is 20.8. The normalized spacial score (nSPS) is 18.6. The highest BCUT2D eigenvalue weighted by Crippen LogP contribution is 2.37. The maximum Gasteiger partial charge on any atom is 0.171 e. The van der Waals surface area contributed by atoms with Gasteiger partial charge in [0.05, 0.1) is 10.7 Å². The van der Waals surface area contributed by atoms with E-state index in [2.05, 4.69) is 43.5 Å². The summed E-state index contributed by atoms with van der Waals surface area (Å²) < 4.78 is 2.78. The van der Waals surface area contributed by atoms with Gasteiger partial charge < -0.3 is 10.4 Å². The topological polar surface area (TPSA) is 75.3 Å². The molecule has 0 saturated heterocycles. The van der Waals surface area contributed by atoms with Gasteiger partial charge in [0.15, 0.2) is 5.65 Å². The van der Waals surface area contributed by atoms with E-state index in [1.54, 1.807) is 12.3 Å². The summed E-state index contributed by atoms with van der Waals surface area (Å²) in [5, 5.41) is 18.1. The summed E-state index contributed by atoms with van der Waals surface area (Å²) in [6, 6.07) is 13.9. The second-order valence-electron chi connectivity index (χ2n) is 9.25. The van der Waals surface area contributed by atoms with Gasteiger partial charge in [0.2, 0.25) is 0 Å². The number of para-hydroxylation sites is 1. The van der Waals surface area contributed by atoms with Crippen molar-refractivity contribution in [3.63, 3.8) is 0 Å². The number of rotatable bonds is 7. The average molecular weight is 520 g/mol. The molecule has 1 fully saturated rings. The van der Waals surface area contributed by atoms with Crippen LogP contribution in [0.1, 0.15) is 61.3 Å². The quantitative estimate of drug-likeness (QED) is 0.272. The Bertz CT molecular complexity index is 1240. The molecule has 7 heteroatoms. The lowest BCUT2D eigenvalue weighted by Gasteiger charge is -2.17. The summed E-state index contributed by atoms with van der Waals surface area (Å²) in [5.74, 6) is 2.51. The number of hydrogen-bond donors (Lipinski definition) is 2. The van der Waals surface area contributed by atoms with Gasteiger partial charge in [0, 0.05) is 36.6 Å². The number of aromatic nitrogens is 4. The molecule has 2 atom stereocenters. The highest BCUT2D eigenvalue weighted by Gasteiger charge is 2.23. The number of aryl methyl sites for hydroxylation is 1. The first-order chi connectivity index (χ1) is 16.7. The maximum absolute atomic E-state index is 10.1. The minimum atomic E-state index is 0.421. The number of aromatic hydroxyl groups is 1. The number of phenolic OH excluding ortho intramolecular Hbond substituents is 1. The highest BCUT2D eigenvalue weighted by molar-refractivity contribution is 9.10. The number of pyridine rings is 1. The largest absolute Gasteiger partial charge is 0.508 e. The van der Waals surface area contributed by atoms with Crippen molar-refractivity contribution in [2.75, 3.05) is 5.32 Å². The second kappa shape index (κ2) is 10.6. The lowest BCUT2D eigenvalue weighted by molar-refractivity contribution is 0.417. The van der Waals surface area contributed by atoms with Gasteiger partial charge in [-0.25, -0.2) is 4.98 Å². The van der Waals surface area contributed by atoms with Gasteiger partial charge in [0.25, 0.3) is 0 Å². The molecule has 2 N–H and O–H groups in total. The number of phenols is 1. The molecular formula is C27H30BrN5O. The molecule has 0 aliphatic heterocycles. The zero-order valence-electron chi connectivity index (χ0n) is 19.2. The molecule has 4 aromatic rings. The molecule has 34 heavy (non-hydrogen) atoms. The lowest BCUT2D eigenvalue weighted by atomic mass is 9.91. The summed E-state index contributed by atoms with van der Waals surface area (Å²) in [7, 11) is 0. The van der Waals surface area contributed by atoms with Crippen molar-refractivity contribution in [3.05, 3.63) is 82.3 Å². The third kappa shape index (κ3) is 5.25. The maximum atomic E-state index is 10.1. The lowest BCUT2D eigenvalue weighted by Crippen LogP contribution is -2.10. The molecule has 0 radical (unpaired) electrons. The van der Waals surface area contributed by atoms with Crippen LogP contribution in [-0.4, -0.2) is 24.7 Å². The molecule has 5 rings (SSSR count). The third-order valence-electron chi connectivity index (χ3n) is 6.97. The molecule has 3 aromatic heterocycles. The van der Waals surface area contributed by atoms with E-state index in [1.807, 2.05) is 41.2 Å². The van der Waals surface area contributed by atoms with E-state index in [0.717, 1.165) is 58.4 Å². The van der Waals surface area contributed by atoms with Crippen LogP contribution in [0.2, 0.25) is 0 Å². The molecule has 6 nitrogen and oxygen atoms in total. The van der Waals surface area contributed by atoms with Gasteiger partial charge in [-0.3, -0.25) is 4.98 Å². The van der Waals surface area contributed by atoms with Crippen LogP contribution in [0.15, 0.2) is 65.5 Å². The summed E-state index contributed by atoms with van der Waals surface area (Å²) in [5.41, 5.74) is 4.18. The monoisotopic (exact) mass is 519 g/mol. The minimum absolute atomic E-state index is 0.421. The Balaban J connectivity index is 1.29. The van der Waals surface area contributed by atoms with Crippen molar-refractivity contribution in [1.29, 1.82) is 0 Å². The van der Waals surface area contributed by atoms with Crippen LogP contribution in [0, 0.1) is 5.92 Å². The SMILES string of the molecule is Oc1ccccc1CCC1CCCC(c2cc(NCc3cccnc3)n3ncc(Br)c3n2)CC1. The molecule has 3 heterocycles. The van der Waals surface area contributed by atoms with Crippen LogP contribution in [0.5, 0.6) is 5.75 Å². The molecule has 2 unspecified atom stereocenters. The number of benzene rings is 1. The van der Waals surface area contributed by atoms with Crippen molar-refractivity contribution in [3.8, 4) is 5.75 Å². The number of anilines is 1. The van der Waals surface area contributed by atoms with Crippen molar-refractivity contribution >= 4 is 27.4 Å². The fourth-order valence-electron chi connectivity index (χ4n) is 5.03. The first-order valence-electron chi connectivity index (χ1n) is 12.1. The van der Waals surface area contributed by atoms with E-state index < -0.39 is 0 Å². The summed E-state index contributed by atoms with van der Waals surface area (Å²) in [6.45, 7) is 0.683. The Labute approximate surface area is 208 Å². The van der Waals surface area contributed by atoms with Crippen molar-refractivity contribution in [1.82, 2.24) is 19.6 Å². The highest BCUT2D eigenvalue weighted by atomic mass is 79.9. The molecule has 176 valence electrons. The Kier molecular flexibility index (Phi) is 7.09. The Morgan fingerprint density at radius 1 is 1.06 bits per heavy atom. The van der Waals surface area contributed by atoms with Gasteiger partial charge in [-0.05, 0) is 77.2 Å². The third-order valence-corrected chi connectivity index (χ3v) is 7.52. The van der Waals surface area contributed by atoms with Crippen LogP contribution in [0.25, 0.3) is 5.65 Å². The first kappa shape index (κ1) is 22.8. The van der Waals surface area contributed by atoms with Crippen molar-refractivity contribution in [2.24, 2.45) is 5.92 Å². The Morgan fingerprint density at radius 3 is 2.82 bits per heavy atom. The van der Waals surface area contributed by atoms with E-state index in [0.29, 0.717) is 24.1 Å². The van der Waals surface area contributed by atoms with E-state index in [1.165, 1.54) is 19.3 Å². The predicted molar refractivity (Wildman–Crippen MR) is 138 cm³/mol. The molecule has 0 amide bonds. The van der Waals surface area contributed by atoms with E-state index in [-0.39, 0.29) is 0 Å². The predicted octanol–water partition coefficient (Wildman–Crippen LogP) is 6.50. The van der Waals surface area contributed by atoms with Gasteiger partial charge in [-0.1, -0.05) is 37.1 Å². The van der Waals surface area contributed by atoms with Crippen LogP contribution >= 0.6 is 15.9 Å². The standard InChI is InChI=1S/C27H30BrN5O/c28-23-18-31-33-26(30-17-20-6-4-14-29-16-20)15-24(32-27(23)33)21-8-3-5-19(10-12-21)11-13-22-7-1-2-9-25(22)34/h1-2,4,6-7,9,14-16,18-19,21,30,34H,3,5,8,10-13,17H2. The Hall–Kier alpha value is -2.93. The van der Waals surface area contributed by atoms with E-state index >= 15 is 0 Å². The molecule has 1 saturated carbocycles. The summed E-state index contributed by atoms with van der Waals surface area (Å²) >= 11 is 3.62. The van der Waals surface area contributed by atoms with Crippen LogP contribution in [0.4, 0.5) is 5.82 Å². The van der Waals surface area contributed by atoms with Crippen molar-refractivity contribution < 1.29 is 5.11 Å². The number of halogens is 1. The molecular weight excluding hydrogens is 490 g/mol. The van der Waals surface area contributed by atoms with Gasteiger partial charge >= 0.3 is 0 Å². The zero-order chi connectivity index (χ0) is 23.3. The fourth-order valence-corrected chi connectivity index (χ4v) is 5.38. The van der Waals surface area contributed by atoms with E-state index in [9.17, 15) is 5.11 Å². The van der Waals surface area contributed by atoms with Gasteiger partial charge in [-0.2, -0.15) is 9.61 Å². The second-order valence-corrected chi connectivity index (χ2v) is 10.1. The number of fused-ring (bicyclic) bond motifs is 1. The minimum Gasteiger partial charge on any atom is -0.508 e. The smallest absolute Gasteiger partial charge is 0.171 e. The van der Waals surface area contributed by atoms with Crippen LogP contribution in [-0.2, 0) is 13.0 Å².